The first-order valence-corrected chi connectivity index (χ1v) is 10.3. The molecule has 0 N–H and O–H groups in total. The number of imidazole rings is 1. The number of benzene rings is 3. The van der Waals surface area contributed by atoms with Crippen LogP contribution < -0.4 is 0 Å². The van der Waals surface area contributed by atoms with Gasteiger partial charge in [0.2, 0.25) is 0 Å². The van der Waals surface area contributed by atoms with Crippen LogP contribution in [0.4, 0.5) is 0 Å². The Kier molecular flexibility index (Phi) is 5.49. The van der Waals surface area contributed by atoms with Gasteiger partial charge in [0.05, 0.1) is 7.11 Å². The van der Waals surface area contributed by atoms with Crippen LogP contribution in [0.1, 0.15) is 27.2 Å². The molecule has 4 nitrogen and oxygen atoms in total. The van der Waals surface area contributed by atoms with Crippen molar-refractivity contribution in [3.63, 3.8) is 0 Å². The molecular weight excluding hydrogens is 475 g/mol. The highest BCUT2D eigenvalue weighted by Gasteiger charge is 2.40. The molecule has 0 aliphatic carbocycles. The van der Waals surface area contributed by atoms with Crippen molar-refractivity contribution >= 4 is 28.6 Å². The van der Waals surface area contributed by atoms with Crippen LogP contribution in [0.2, 0.25) is 0 Å². The van der Waals surface area contributed by atoms with Crippen LogP contribution in [0.3, 0.4) is 0 Å². The zero-order valence-electron chi connectivity index (χ0n) is 15.8. The fraction of sp³-hybridized carbons (Fsp3) is 0.0833. The minimum atomic E-state index is -0.695. The molecular formula is C24H19IN2O2. The van der Waals surface area contributed by atoms with Gasteiger partial charge in [0, 0.05) is 28.8 Å². The number of halogens is 1. The van der Waals surface area contributed by atoms with Gasteiger partial charge in [0.15, 0.2) is 9.53 Å². The van der Waals surface area contributed by atoms with Crippen molar-refractivity contribution in [2.45, 2.75) is 5.54 Å². The molecule has 0 bridgehead atoms. The van der Waals surface area contributed by atoms with Crippen LogP contribution in [0.25, 0.3) is 0 Å². The van der Waals surface area contributed by atoms with Crippen LogP contribution in [0.15, 0.2) is 97.2 Å². The molecule has 1 aromatic heterocycles. The predicted molar refractivity (Wildman–Crippen MR) is 121 cm³/mol. The second kappa shape index (κ2) is 8.21. The van der Waals surface area contributed by atoms with E-state index >= 15 is 0 Å². The zero-order chi connectivity index (χ0) is 20.3. The molecule has 5 heteroatoms. The number of aromatic nitrogens is 2. The molecule has 0 unspecified atom stereocenters. The van der Waals surface area contributed by atoms with Crippen molar-refractivity contribution in [1.29, 1.82) is 0 Å². The van der Waals surface area contributed by atoms with E-state index < -0.39 is 11.5 Å². The molecule has 0 spiro atoms. The van der Waals surface area contributed by atoms with Gasteiger partial charge in [-0.1, -0.05) is 91.0 Å². The van der Waals surface area contributed by atoms with Crippen molar-refractivity contribution in [2.24, 2.45) is 0 Å². The van der Waals surface area contributed by atoms with E-state index in [0.29, 0.717) is 3.83 Å². The number of nitrogens with zero attached hydrogens (tertiary/aromatic N) is 2. The van der Waals surface area contributed by atoms with Gasteiger partial charge in [0.25, 0.3) is 0 Å². The van der Waals surface area contributed by atoms with E-state index in [1.54, 1.807) is 6.20 Å². The average Bonchev–Trinajstić information content (AvgIpc) is 3.18. The topological polar surface area (TPSA) is 44.1 Å². The Bertz CT molecular complexity index is 1010. The summed E-state index contributed by atoms with van der Waals surface area (Å²) in [5.74, 6) is -0.454. The molecule has 0 aliphatic rings. The molecule has 0 radical (unpaired) electrons. The Balaban J connectivity index is 2.12. The largest absolute Gasteiger partial charge is 0.464 e. The molecule has 0 fully saturated rings. The number of rotatable bonds is 5. The lowest BCUT2D eigenvalue weighted by Crippen LogP contribution is -2.38. The molecule has 29 heavy (non-hydrogen) atoms. The van der Waals surface area contributed by atoms with E-state index in [1.165, 1.54) is 7.11 Å². The molecule has 0 saturated heterocycles. The molecule has 0 aliphatic heterocycles. The van der Waals surface area contributed by atoms with Crippen molar-refractivity contribution in [3.8, 4) is 0 Å². The number of ether oxygens (including phenoxy) is 1. The fourth-order valence-corrected chi connectivity index (χ4v) is 4.51. The molecule has 144 valence electrons. The number of carbonyl (C=O) groups is 1. The summed E-state index contributed by atoms with van der Waals surface area (Å²) in [6.45, 7) is 0. The molecule has 4 rings (SSSR count). The molecule has 0 amide bonds. The van der Waals surface area contributed by atoms with Gasteiger partial charge in [-0.05, 0) is 16.7 Å². The lowest BCUT2D eigenvalue weighted by molar-refractivity contribution is 0.0594. The van der Waals surface area contributed by atoms with Gasteiger partial charge in [-0.3, -0.25) is 0 Å². The highest BCUT2D eigenvalue weighted by Crippen LogP contribution is 2.41. The molecule has 3 aromatic carbocycles. The lowest BCUT2D eigenvalue weighted by Gasteiger charge is -2.37. The number of hydrogen-bond acceptors (Lipinski definition) is 3. The maximum absolute atomic E-state index is 12.2. The highest BCUT2D eigenvalue weighted by molar-refractivity contribution is 14.1. The third kappa shape index (κ3) is 3.35. The van der Waals surface area contributed by atoms with E-state index in [-0.39, 0.29) is 5.69 Å². The Morgan fingerprint density at radius 2 is 1.24 bits per heavy atom. The van der Waals surface area contributed by atoms with Crippen molar-refractivity contribution in [2.75, 3.05) is 7.11 Å². The average molecular weight is 494 g/mol. The summed E-state index contributed by atoms with van der Waals surface area (Å²) in [5, 5.41) is 0. The minimum Gasteiger partial charge on any atom is -0.464 e. The first-order chi connectivity index (χ1) is 14.2. The van der Waals surface area contributed by atoms with Crippen molar-refractivity contribution in [3.05, 3.63) is 123 Å². The number of carbonyl (C=O) groups excluding carboxylic acids is 1. The number of hydrogen-bond donors (Lipinski definition) is 0. The van der Waals surface area contributed by atoms with E-state index in [1.807, 2.05) is 54.6 Å². The Morgan fingerprint density at radius 1 is 0.828 bits per heavy atom. The zero-order valence-corrected chi connectivity index (χ0v) is 18.0. The van der Waals surface area contributed by atoms with Crippen molar-refractivity contribution in [1.82, 2.24) is 9.55 Å². The van der Waals surface area contributed by atoms with Crippen molar-refractivity contribution < 1.29 is 9.53 Å². The van der Waals surface area contributed by atoms with Crippen LogP contribution in [-0.2, 0) is 10.3 Å². The first-order valence-electron chi connectivity index (χ1n) is 9.18. The third-order valence-corrected chi connectivity index (χ3v) is 5.75. The highest BCUT2D eigenvalue weighted by atomic mass is 127. The number of esters is 1. The smallest absolute Gasteiger partial charge is 0.358 e. The monoisotopic (exact) mass is 494 g/mol. The van der Waals surface area contributed by atoms with Crippen LogP contribution >= 0.6 is 22.6 Å². The van der Waals surface area contributed by atoms with Gasteiger partial charge in [-0.15, -0.1) is 0 Å². The van der Waals surface area contributed by atoms with E-state index in [0.717, 1.165) is 16.7 Å². The Morgan fingerprint density at radius 3 is 1.62 bits per heavy atom. The van der Waals surface area contributed by atoms with Crippen LogP contribution in [-0.4, -0.2) is 22.6 Å². The SMILES string of the molecule is COC(=O)c1cn(C(c2ccccc2)(c2ccccc2)c2ccccc2)c(I)n1. The quantitative estimate of drug-likeness (QED) is 0.220. The predicted octanol–water partition coefficient (Wildman–Crippen LogP) is 5.11. The van der Waals surface area contributed by atoms with Crippen LogP contribution in [0.5, 0.6) is 0 Å². The second-order valence-electron chi connectivity index (χ2n) is 6.57. The summed E-state index contributed by atoms with van der Waals surface area (Å²) in [6.07, 6.45) is 1.78. The standard InChI is InChI=1S/C24H19IN2O2/c1-29-22(28)21-17-27(23(25)26-21)24(18-11-5-2-6-12-18,19-13-7-3-8-14-19)20-15-9-4-10-16-20/h2-17H,1H3. The maximum atomic E-state index is 12.2. The minimum absolute atomic E-state index is 0.282. The molecule has 1 heterocycles. The fourth-order valence-electron chi connectivity index (χ4n) is 3.75. The summed E-state index contributed by atoms with van der Waals surface area (Å²) >= 11 is 2.18. The summed E-state index contributed by atoms with van der Waals surface area (Å²) in [4.78, 5) is 16.7. The summed E-state index contributed by atoms with van der Waals surface area (Å²) in [5.41, 5.74) is 2.81. The van der Waals surface area contributed by atoms with Gasteiger partial charge in [-0.2, -0.15) is 0 Å². The summed E-state index contributed by atoms with van der Waals surface area (Å²) < 4.78 is 7.67. The second-order valence-corrected chi connectivity index (χ2v) is 7.53. The van der Waals surface area contributed by atoms with Gasteiger partial charge >= 0.3 is 5.97 Å². The summed E-state index contributed by atoms with van der Waals surface area (Å²) in [7, 11) is 1.37. The Hall–Kier alpha value is -2.93. The lowest BCUT2D eigenvalue weighted by atomic mass is 9.77. The molecule has 0 atom stereocenters. The van der Waals surface area contributed by atoms with Crippen LogP contribution in [0, 0.1) is 3.83 Å². The Labute approximate surface area is 183 Å². The summed E-state index contributed by atoms with van der Waals surface area (Å²) in [6, 6.07) is 30.8. The first kappa shape index (κ1) is 19.4. The third-order valence-electron chi connectivity index (χ3n) is 4.99. The van der Waals surface area contributed by atoms with Gasteiger partial charge in [-0.25, -0.2) is 9.78 Å². The van der Waals surface area contributed by atoms with Gasteiger partial charge in [0.1, 0.15) is 5.54 Å². The molecule has 0 saturated carbocycles. The van der Waals surface area contributed by atoms with E-state index in [9.17, 15) is 4.79 Å². The number of methoxy groups -OCH3 is 1. The van der Waals surface area contributed by atoms with Gasteiger partial charge < -0.3 is 9.30 Å². The van der Waals surface area contributed by atoms with E-state index in [4.69, 9.17) is 4.74 Å². The maximum Gasteiger partial charge on any atom is 0.358 e. The molecule has 4 aromatic rings. The normalized spacial score (nSPS) is 11.2. The van der Waals surface area contributed by atoms with E-state index in [2.05, 4.69) is 68.5 Å².